The first-order valence-electron chi connectivity index (χ1n) is 6.06. The van der Waals surface area contributed by atoms with Crippen LogP contribution in [0.5, 0.6) is 0 Å². The van der Waals surface area contributed by atoms with Crippen LogP contribution in [0.25, 0.3) is 0 Å². The number of carbonyl (C=O) groups excluding carboxylic acids is 1. The molecule has 0 saturated carbocycles. The summed E-state index contributed by atoms with van der Waals surface area (Å²) in [6.45, 7) is 7.95. The molecule has 1 rings (SSSR count). The third kappa shape index (κ3) is 5.48. The van der Waals surface area contributed by atoms with Crippen molar-refractivity contribution >= 4 is 5.97 Å². The van der Waals surface area contributed by atoms with Gasteiger partial charge in [0.1, 0.15) is 11.6 Å². The molecule has 0 aliphatic carbocycles. The molecule has 5 nitrogen and oxygen atoms in total. The maximum atomic E-state index is 11.7. The summed E-state index contributed by atoms with van der Waals surface area (Å²) in [6, 6.07) is -0.606. The van der Waals surface area contributed by atoms with Gasteiger partial charge in [0.25, 0.3) is 0 Å². The fraction of sp³-hybridized carbons (Fsp3) is 0.917. The minimum atomic E-state index is -0.606. The molecule has 0 amide bonds. The number of hydrogen-bond donors (Lipinski definition) is 1. The van der Waals surface area contributed by atoms with E-state index < -0.39 is 11.6 Å². The van der Waals surface area contributed by atoms with Crippen molar-refractivity contribution in [2.75, 3.05) is 26.7 Å². The Kier molecular flexibility index (Phi) is 4.91. The van der Waals surface area contributed by atoms with Gasteiger partial charge in [-0.15, -0.1) is 0 Å². The number of likely N-dealkylation sites (N-methyl/N-ethyl adjacent to an activating group) is 1. The van der Waals surface area contributed by atoms with Crippen molar-refractivity contribution in [3.05, 3.63) is 0 Å². The first-order valence-corrected chi connectivity index (χ1v) is 6.06. The molecule has 100 valence electrons. The van der Waals surface area contributed by atoms with E-state index in [1.165, 1.54) is 0 Å². The molecule has 1 fully saturated rings. The summed E-state index contributed by atoms with van der Waals surface area (Å²) in [4.78, 5) is 13.9. The van der Waals surface area contributed by atoms with Crippen LogP contribution < -0.4 is 5.73 Å². The van der Waals surface area contributed by atoms with Crippen LogP contribution in [-0.4, -0.2) is 55.4 Å². The monoisotopic (exact) mass is 244 g/mol. The van der Waals surface area contributed by atoms with Crippen molar-refractivity contribution in [1.82, 2.24) is 4.90 Å². The lowest BCUT2D eigenvalue weighted by Crippen LogP contribution is -2.46. The van der Waals surface area contributed by atoms with Crippen LogP contribution in [0.3, 0.4) is 0 Å². The van der Waals surface area contributed by atoms with E-state index in [9.17, 15) is 4.79 Å². The number of nitrogens with zero attached hydrogens (tertiary/aromatic N) is 1. The molecule has 1 saturated heterocycles. The highest BCUT2D eigenvalue weighted by Gasteiger charge is 2.27. The van der Waals surface area contributed by atoms with Gasteiger partial charge in [-0.3, -0.25) is 4.79 Å². The van der Waals surface area contributed by atoms with E-state index in [1.54, 1.807) is 0 Å². The number of carbonyl (C=O) groups is 1. The summed E-state index contributed by atoms with van der Waals surface area (Å²) < 4.78 is 10.8. The second-order valence-corrected chi connectivity index (χ2v) is 5.63. The zero-order chi connectivity index (χ0) is 13.1. The molecule has 0 aromatic rings. The molecule has 1 heterocycles. The van der Waals surface area contributed by atoms with Gasteiger partial charge in [-0.05, 0) is 27.8 Å². The van der Waals surface area contributed by atoms with Crippen molar-refractivity contribution in [2.45, 2.75) is 44.9 Å². The molecule has 17 heavy (non-hydrogen) atoms. The highest BCUT2D eigenvalue weighted by molar-refractivity contribution is 5.75. The smallest absolute Gasteiger partial charge is 0.323 e. The van der Waals surface area contributed by atoms with Gasteiger partial charge >= 0.3 is 5.97 Å². The number of rotatable bonds is 3. The van der Waals surface area contributed by atoms with Crippen molar-refractivity contribution < 1.29 is 14.3 Å². The summed E-state index contributed by atoms with van der Waals surface area (Å²) in [5.41, 5.74) is 5.34. The Labute approximate surface area is 103 Å². The van der Waals surface area contributed by atoms with Crippen LogP contribution in [0.1, 0.15) is 27.2 Å². The Morgan fingerprint density at radius 2 is 2.24 bits per heavy atom. The molecule has 0 aromatic carbocycles. The number of esters is 1. The average molecular weight is 244 g/mol. The molecule has 2 N–H and O–H groups in total. The van der Waals surface area contributed by atoms with Gasteiger partial charge < -0.3 is 20.1 Å². The molecule has 5 heteroatoms. The average Bonchev–Trinajstić information content (AvgIpc) is 2.14. The molecule has 0 radical (unpaired) electrons. The lowest BCUT2D eigenvalue weighted by Gasteiger charge is -2.31. The van der Waals surface area contributed by atoms with Crippen LogP contribution in [-0.2, 0) is 14.3 Å². The van der Waals surface area contributed by atoms with Gasteiger partial charge in [0.15, 0.2) is 0 Å². The lowest BCUT2D eigenvalue weighted by molar-refractivity contribution is -0.157. The number of hydrogen-bond acceptors (Lipinski definition) is 5. The number of nitrogens with two attached hydrogens (primary N) is 1. The van der Waals surface area contributed by atoms with E-state index >= 15 is 0 Å². The molecular weight excluding hydrogens is 220 g/mol. The molecule has 2 atom stereocenters. The third-order valence-corrected chi connectivity index (χ3v) is 2.57. The van der Waals surface area contributed by atoms with E-state index in [0.717, 1.165) is 13.1 Å². The molecule has 0 aromatic heterocycles. The fourth-order valence-corrected chi connectivity index (χ4v) is 1.77. The lowest BCUT2D eigenvalue weighted by atomic mass is 10.1. The SMILES string of the molecule is CN1CCOC(CC(N)C(=O)OC(C)(C)C)C1. The van der Waals surface area contributed by atoms with Gasteiger partial charge in [0.2, 0.25) is 0 Å². The van der Waals surface area contributed by atoms with E-state index in [0.29, 0.717) is 13.0 Å². The summed E-state index contributed by atoms with van der Waals surface area (Å²) in [5.74, 6) is -0.352. The number of morpholine rings is 1. The minimum absolute atomic E-state index is 0.0243. The van der Waals surface area contributed by atoms with E-state index in [1.807, 2.05) is 27.8 Å². The highest BCUT2D eigenvalue weighted by Crippen LogP contribution is 2.12. The molecule has 0 spiro atoms. The van der Waals surface area contributed by atoms with Crippen molar-refractivity contribution in [1.29, 1.82) is 0 Å². The first-order chi connectivity index (χ1) is 7.78. The largest absolute Gasteiger partial charge is 0.459 e. The Bertz CT molecular complexity index is 263. The van der Waals surface area contributed by atoms with Gasteiger partial charge in [-0.2, -0.15) is 0 Å². The second kappa shape index (κ2) is 5.80. The van der Waals surface area contributed by atoms with E-state index in [2.05, 4.69) is 4.90 Å². The minimum Gasteiger partial charge on any atom is -0.459 e. The summed E-state index contributed by atoms with van der Waals surface area (Å²) in [6.07, 6.45) is 0.537. The Morgan fingerprint density at radius 1 is 1.59 bits per heavy atom. The predicted molar refractivity (Wildman–Crippen MR) is 65.7 cm³/mol. The topological polar surface area (TPSA) is 64.8 Å². The summed E-state index contributed by atoms with van der Waals surface area (Å²) in [7, 11) is 2.04. The Morgan fingerprint density at radius 3 is 2.76 bits per heavy atom. The van der Waals surface area contributed by atoms with Crippen LogP contribution in [0.2, 0.25) is 0 Å². The maximum Gasteiger partial charge on any atom is 0.323 e. The normalized spacial score (nSPS) is 24.4. The van der Waals surface area contributed by atoms with E-state index in [-0.39, 0.29) is 12.1 Å². The molecular formula is C12H24N2O3. The van der Waals surface area contributed by atoms with E-state index in [4.69, 9.17) is 15.2 Å². The second-order valence-electron chi connectivity index (χ2n) is 5.63. The Balaban J connectivity index is 2.37. The van der Waals surface area contributed by atoms with Crippen molar-refractivity contribution in [3.8, 4) is 0 Å². The fourth-order valence-electron chi connectivity index (χ4n) is 1.77. The predicted octanol–water partition coefficient (Wildman–Crippen LogP) is 0.376. The molecule has 2 unspecified atom stereocenters. The van der Waals surface area contributed by atoms with Gasteiger partial charge in [-0.25, -0.2) is 0 Å². The third-order valence-electron chi connectivity index (χ3n) is 2.57. The van der Waals surface area contributed by atoms with Crippen LogP contribution in [0.4, 0.5) is 0 Å². The molecule has 1 aliphatic rings. The molecule has 0 bridgehead atoms. The van der Waals surface area contributed by atoms with Crippen molar-refractivity contribution in [2.24, 2.45) is 5.73 Å². The van der Waals surface area contributed by atoms with Gasteiger partial charge in [0.05, 0.1) is 12.7 Å². The zero-order valence-electron chi connectivity index (χ0n) is 11.2. The van der Waals surface area contributed by atoms with Crippen molar-refractivity contribution in [3.63, 3.8) is 0 Å². The van der Waals surface area contributed by atoms with Gasteiger partial charge in [-0.1, -0.05) is 0 Å². The first kappa shape index (κ1) is 14.4. The number of ether oxygens (including phenoxy) is 2. The quantitative estimate of drug-likeness (QED) is 0.727. The zero-order valence-corrected chi connectivity index (χ0v) is 11.2. The van der Waals surface area contributed by atoms with Crippen LogP contribution >= 0.6 is 0 Å². The summed E-state index contributed by atoms with van der Waals surface area (Å²) >= 11 is 0. The maximum absolute atomic E-state index is 11.7. The molecule has 1 aliphatic heterocycles. The van der Waals surface area contributed by atoms with Crippen LogP contribution in [0, 0.1) is 0 Å². The Hall–Kier alpha value is -0.650. The summed E-state index contributed by atoms with van der Waals surface area (Å²) in [5, 5.41) is 0. The van der Waals surface area contributed by atoms with Crippen LogP contribution in [0.15, 0.2) is 0 Å². The van der Waals surface area contributed by atoms with Gasteiger partial charge in [0, 0.05) is 19.5 Å². The highest BCUT2D eigenvalue weighted by atomic mass is 16.6. The standard InChI is InChI=1S/C12H24N2O3/c1-12(2,3)17-11(15)10(13)7-9-8-14(4)5-6-16-9/h9-10H,5-8,13H2,1-4H3.